The van der Waals surface area contributed by atoms with Crippen molar-refractivity contribution in [2.45, 2.75) is 67.1 Å². The number of para-hydroxylation sites is 1. The number of fused-ring (bicyclic) bond motifs is 4. The minimum atomic E-state index is -1.43. The Hall–Kier alpha value is -5.72. The fourth-order valence-corrected chi connectivity index (χ4v) is 9.83. The quantitative estimate of drug-likeness (QED) is 0.112. The van der Waals surface area contributed by atoms with E-state index in [9.17, 15) is 0 Å². The molecule has 62 heavy (non-hydrogen) atoms. The summed E-state index contributed by atoms with van der Waals surface area (Å²) >= 11 is 0. The first-order chi connectivity index (χ1) is 29.3. The van der Waals surface area contributed by atoms with Crippen LogP contribution < -0.4 is 9.92 Å². The number of furan rings is 1. The Bertz CT molecular complexity index is 3040. The van der Waals surface area contributed by atoms with Crippen molar-refractivity contribution in [3.8, 4) is 50.5 Å². The largest absolute Gasteiger partial charge is 0.516 e. The summed E-state index contributed by atoms with van der Waals surface area (Å²) in [5, 5.41) is 5.94. The van der Waals surface area contributed by atoms with Gasteiger partial charge in [0.15, 0.2) is 0 Å². The predicted octanol–water partition coefficient (Wildman–Crippen LogP) is 14.1. The molecule has 0 saturated heterocycles. The second kappa shape index (κ2) is 18.3. The third kappa shape index (κ3) is 9.08. The van der Waals surface area contributed by atoms with E-state index < -0.39 is 8.07 Å². The number of rotatable bonds is 8. The number of methoxy groups -OCH3 is 1. The molecule has 0 saturated carbocycles. The van der Waals surface area contributed by atoms with Gasteiger partial charge in [-0.2, -0.15) is 0 Å². The van der Waals surface area contributed by atoms with Gasteiger partial charge >= 0.3 is 0 Å². The zero-order valence-electron chi connectivity index (χ0n) is 37.3. The van der Waals surface area contributed by atoms with Crippen LogP contribution in [-0.4, -0.2) is 30.1 Å². The molecule has 0 spiro atoms. The molecule has 0 N–H and O–H groups in total. The van der Waals surface area contributed by atoms with Crippen molar-refractivity contribution in [1.82, 2.24) is 15.0 Å². The van der Waals surface area contributed by atoms with E-state index in [4.69, 9.17) is 19.1 Å². The monoisotopic (exact) mass is 1010 g/mol. The zero-order valence-corrected chi connectivity index (χ0v) is 40.7. The van der Waals surface area contributed by atoms with E-state index in [-0.39, 0.29) is 20.1 Å². The van der Waals surface area contributed by atoms with Crippen LogP contribution in [0.3, 0.4) is 0 Å². The Morgan fingerprint density at radius 1 is 0.677 bits per heavy atom. The number of benzene rings is 5. The molecular weight excluding hydrogens is 955 g/mol. The summed E-state index contributed by atoms with van der Waals surface area (Å²) in [4.78, 5) is 14.1. The van der Waals surface area contributed by atoms with Crippen LogP contribution in [0.25, 0.3) is 77.5 Å². The van der Waals surface area contributed by atoms with Crippen LogP contribution in [0.1, 0.15) is 49.2 Å². The van der Waals surface area contributed by atoms with E-state index in [0.717, 1.165) is 94.6 Å². The summed E-state index contributed by atoms with van der Waals surface area (Å²) in [6.45, 7) is 20.3. The van der Waals surface area contributed by atoms with E-state index in [1.807, 2.05) is 50.4 Å². The topological polar surface area (TPSA) is 61.0 Å². The molecule has 0 amide bonds. The van der Waals surface area contributed by atoms with Crippen molar-refractivity contribution in [2.75, 3.05) is 7.11 Å². The van der Waals surface area contributed by atoms with Crippen molar-refractivity contribution >= 4 is 46.0 Å². The molecule has 4 heterocycles. The Morgan fingerprint density at radius 2 is 1.39 bits per heavy atom. The summed E-state index contributed by atoms with van der Waals surface area (Å²) < 4.78 is 12.0. The summed E-state index contributed by atoms with van der Waals surface area (Å²) in [5.74, 6) is 1.96. The minimum Gasteiger partial charge on any atom is -0.516 e. The van der Waals surface area contributed by atoms with Crippen LogP contribution >= 0.6 is 0 Å². The van der Waals surface area contributed by atoms with Gasteiger partial charge in [0.05, 0.1) is 20.8 Å². The van der Waals surface area contributed by atoms with Gasteiger partial charge in [-0.1, -0.05) is 137 Å². The van der Waals surface area contributed by atoms with Crippen LogP contribution in [0.4, 0.5) is 0 Å². The fourth-order valence-electron chi connectivity index (χ4n) is 8.21. The molecule has 1 unspecified atom stereocenters. The molecule has 7 heteroatoms. The number of pyridine rings is 3. The predicted molar refractivity (Wildman–Crippen MR) is 257 cm³/mol. The molecule has 315 valence electrons. The Balaban J connectivity index is 0.000000208. The minimum absolute atomic E-state index is 0. The van der Waals surface area contributed by atoms with Gasteiger partial charge in [0.25, 0.3) is 0 Å². The number of hydrogen-bond acceptors (Lipinski definition) is 5. The van der Waals surface area contributed by atoms with Crippen LogP contribution in [0.5, 0.6) is 5.75 Å². The van der Waals surface area contributed by atoms with E-state index in [0.29, 0.717) is 11.8 Å². The Labute approximate surface area is 381 Å². The van der Waals surface area contributed by atoms with Crippen LogP contribution in [0.15, 0.2) is 132 Å². The molecule has 0 aliphatic carbocycles. The smallest absolute Gasteiger partial charge is 0.128 e. The van der Waals surface area contributed by atoms with Crippen molar-refractivity contribution in [3.05, 3.63) is 162 Å². The summed E-state index contributed by atoms with van der Waals surface area (Å²) in [5.41, 5.74) is 14.6. The molecule has 5 aromatic carbocycles. The first-order valence-electron chi connectivity index (χ1n) is 21.1. The molecule has 0 bridgehead atoms. The molecule has 9 aromatic rings. The van der Waals surface area contributed by atoms with Gasteiger partial charge in [-0.25, -0.2) is 0 Å². The Morgan fingerprint density at radius 3 is 2.11 bits per heavy atom. The normalized spacial score (nSPS) is 12.0. The maximum Gasteiger partial charge on any atom is 0.128 e. The van der Waals surface area contributed by atoms with E-state index >= 15 is 0 Å². The van der Waals surface area contributed by atoms with Crippen LogP contribution in [-0.2, 0) is 20.1 Å². The SMILES string of the molecule is COc1cc[c-]c(-c2cc(C(C)C(C)C)c([Si](C)(C)C)cn2)c1.Cc1cc(-c2cccc(-c3cccc4c3oc3c(-c5cc6ccccc6cn5)[c-]cc(C)c34)c2)cc(C)n1.[Ir]. The molecule has 0 aliphatic rings. The average Bonchev–Trinajstić information content (AvgIpc) is 3.66. The molecule has 0 aliphatic heterocycles. The van der Waals surface area contributed by atoms with Gasteiger partial charge in [0, 0.05) is 60.6 Å². The third-order valence-corrected chi connectivity index (χ3v) is 13.8. The van der Waals surface area contributed by atoms with Crippen LogP contribution in [0.2, 0.25) is 19.6 Å². The number of aryl methyl sites for hydroxylation is 3. The average molecular weight is 1010 g/mol. The van der Waals surface area contributed by atoms with Crippen molar-refractivity contribution < 1.29 is 29.3 Å². The molecule has 1 radical (unpaired) electrons. The van der Waals surface area contributed by atoms with Crippen molar-refractivity contribution in [3.63, 3.8) is 0 Å². The number of aromatic nitrogens is 3. The van der Waals surface area contributed by atoms with Gasteiger partial charge in [0.1, 0.15) is 5.58 Å². The van der Waals surface area contributed by atoms with E-state index in [1.165, 1.54) is 16.3 Å². The summed E-state index contributed by atoms with van der Waals surface area (Å²) in [7, 11) is 0.262. The molecule has 9 rings (SSSR count). The van der Waals surface area contributed by atoms with Crippen molar-refractivity contribution in [2.24, 2.45) is 5.92 Å². The number of hydrogen-bond donors (Lipinski definition) is 0. The van der Waals surface area contributed by atoms with Crippen molar-refractivity contribution in [1.29, 1.82) is 0 Å². The summed E-state index contributed by atoms with van der Waals surface area (Å²) in [6.07, 6.45) is 4.02. The van der Waals surface area contributed by atoms with Gasteiger partial charge in [-0.15, -0.1) is 47.5 Å². The maximum absolute atomic E-state index is 6.72. The number of ether oxygens (including phenoxy) is 1. The van der Waals surface area contributed by atoms with E-state index in [2.05, 4.69) is 156 Å². The van der Waals surface area contributed by atoms with Gasteiger partial charge < -0.3 is 19.1 Å². The van der Waals surface area contributed by atoms with Gasteiger partial charge in [0.2, 0.25) is 0 Å². The van der Waals surface area contributed by atoms with Gasteiger partial charge in [-0.3, -0.25) is 4.98 Å². The number of nitrogens with zero attached hydrogens (tertiary/aromatic N) is 3. The van der Waals surface area contributed by atoms with E-state index in [1.54, 1.807) is 7.11 Å². The molecule has 5 nitrogen and oxygen atoms in total. The second-order valence-electron chi connectivity index (χ2n) is 17.6. The summed E-state index contributed by atoms with van der Waals surface area (Å²) in [6, 6.07) is 46.6. The first kappa shape index (κ1) is 44.3. The third-order valence-electron chi connectivity index (χ3n) is 11.8. The second-order valence-corrected chi connectivity index (χ2v) is 22.6. The molecule has 0 fully saturated rings. The van der Waals surface area contributed by atoms with Gasteiger partial charge in [-0.05, 0) is 87.9 Å². The molecule has 4 aromatic heterocycles. The Kier molecular flexibility index (Phi) is 13.1. The maximum atomic E-state index is 6.72. The zero-order chi connectivity index (χ0) is 43.0. The first-order valence-corrected chi connectivity index (χ1v) is 24.6. The van der Waals surface area contributed by atoms with Crippen LogP contribution in [0, 0.1) is 38.8 Å². The standard InChI is InChI=1S/C35H25N2O.C20H28NOSi.Ir/c1-21-14-15-30(32-19-25-8-4-5-9-27(25)20-36-32)35-33(21)31-13-7-12-29(34(31)38-35)26-11-6-10-24(18-26)28-16-22(2)37-23(3)17-28;1-14(2)15(3)18-12-19(21-13-20(18)23(5,6)7)16-9-8-10-17(11-16)22-4;/h4-14,16-20H,1-3H3;8,10-15H,1-7H3;/q2*-1;. The molecular formula is C55H53IrN3O2Si-2. The molecule has 1 atom stereocenters. The fraction of sp³-hybridized carbons (Fsp3) is 0.218.